The first-order chi connectivity index (χ1) is 7.43. The van der Waals surface area contributed by atoms with E-state index in [9.17, 15) is 0 Å². The van der Waals surface area contributed by atoms with Crippen molar-refractivity contribution in [2.75, 3.05) is 5.75 Å². The quantitative estimate of drug-likeness (QED) is 0.400. The zero-order chi connectivity index (χ0) is 10.8. The van der Waals surface area contributed by atoms with Crippen LogP contribution >= 0.6 is 21.6 Å². The molecular formula is C13H26S2. The molecule has 1 atom stereocenters. The Kier molecular flexibility index (Phi) is 9.08. The first-order valence-corrected chi connectivity index (χ1v) is 9.10. The van der Waals surface area contributed by atoms with E-state index in [2.05, 4.69) is 28.5 Å². The predicted molar refractivity (Wildman–Crippen MR) is 75.7 cm³/mol. The van der Waals surface area contributed by atoms with Crippen LogP contribution in [0.3, 0.4) is 0 Å². The lowest BCUT2D eigenvalue weighted by Gasteiger charge is -2.19. The second-order valence-electron chi connectivity index (χ2n) is 4.59. The van der Waals surface area contributed by atoms with E-state index in [1.807, 2.05) is 0 Å². The molecule has 0 bridgehead atoms. The van der Waals surface area contributed by atoms with Crippen LogP contribution in [0.25, 0.3) is 0 Å². The maximum absolute atomic E-state index is 2.29. The van der Waals surface area contributed by atoms with Crippen LogP contribution in [0.15, 0.2) is 0 Å². The summed E-state index contributed by atoms with van der Waals surface area (Å²) in [6, 6.07) is 0. The summed E-state index contributed by atoms with van der Waals surface area (Å²) < 4.78 is 0. The lowest BCUT2D eigenvalue weighted by molar-refractivity contribution is 0.560. The van der Waals surface area contributed by atoms with Crippen molar-refractivity contribution in [2.45, 2.75) is 76.4 Å². The van der Waals surface area contributed by atoms with Crippen LogP contribution < -0.4 is 0 Å². The molecule has 1 heterocycles. The van der Waals surface area contributed by atoms with E-state index in [1.165, 1.54) is 70.0 Å². The number of hydrogen-bond donors (Lipinski definition) is 0. The van der Waals surface area contributed by atoms with Crippen molar-refractivity contribution in [3.05, 3.63) is 0 Å². The van der Waals surface area contributed by atoms with Gasteiger partial charge in [-0.25, -0.2) is 0 Å². The van der Waals surface area contributed by atoms with E-state index < -0.39 is 0 Å². The van der Waals surface area contributed by atoms with Gasteiger partial charge < -0.3 is 0 Å². The van der Waals surface area contributed by atoms with Crippen LogP contribution in [0.5, 0.6) is 0 Å². The molecule has 90 valence electrons. The molecule has 1 unspecified atom stereocenters. The number of hydrogen-bond acceptors (Lipinski definition) is 2. The molecule has 1 saturated heterocycles. The Morgan fingerprint density at radius 2 is 1.73 bits per heavy atom. The highest BCUT2D eigenvalue weighted by Gasteiger charge is 2.13. The summed E-state index contributed by atoms with van der Waals surface area (Å²) in [5.41, 5.74) is 0. The van der Waals surface area contributed by atoms with E-state index in [4.69, 9.17) is 0 Å². The molecule has 0 radical (unpaired) electrons. The molecule has 0 nitrogen and oxygen atoms in total. The summed E-state index contributed by atoms with van der Waals surface area (Å²) in [4.78, 5) is 0. The molecule has 1 aliphatic heterocycles. The monoisotopic (exact) mass is 246 g/mol. The van der Waals surface area contributed by atoms with Gasteiger partial charge >= 0.3 is 0 Å². The highest BCUT2D eigenvalue weighted by molar-refractivity contribution is 8.77. The van der Waals surface area contributed by atoms with Crippen molar-refractivity contribution in [3.63, 3.8) is 0 Å². The fraction of sp³-hybridized carbons (Fsp3) is 1.00. The third-order valence-corrected chi connectivity index (χ3v) is 6.15. The SMILES string of the molecule is CCCCCCCCCC1CCCSS1. The number of rotatable bonds is 8. The third kappa shape index (κ3) is 7.57. The maximum Gasteiger partial charge on any atom is 0.0151 e. The van der Waals surface area contributed by atoms with Crippen molar-refractivity contribution in [1.29, 1.82) is 0 Å². The molecule has 15 heavy (non-hydrogen) atoms. The topological polar surface area (TPSA) is 0 Å². The Morgan fingerprint density at radius 3 is 2.40 bits per heavy atom. The van der Waals surface area contributed by atoms with Crippen LogP contribution in [-0.4, -0.2) is 11.0 Å². The van der Waals surface area contributed by atoms with Crippen molar-refractivity contribution in [1.82, 2.24) is 0 Å². The molecule has 0 aliphatic carbocycles. The summed E-state index contributed by atoms with van der Waals surface area (Å²) in [6.45, 7) is 2.29. The fourth-order valence-corrected chi connectivity index (χ4v) is 4.98. The summed E-state index contributed by atoms with van der Waals surface area (Å²) in [6.07, 6.45) is 14.6. The third-order valence-electron chi connectivity index (χ3n) is 3.09. The van der Waals surface area contributed by atoms with Crippen molar-refractivity contribution >= 4 is 21.6 Å². The fourth-order valence-electron chi connectivity index (χ4n) is 2.08. The second-order valence-corrected chi connectivity index (χ2v) is 7.38. The van der Waals surface area contributed by atoms with Gasteiger partial charge in [-0.3, -0.25) is 0 Å². The first kappa shape index (κ1) is 13.8. The summed E-state index contributed by atoms with van der Waals surface area (Å²) in [5.74, 6) is 1.39. The largest absolute Gasteiger partial charge is 0.0939 e. The van der Waals surface area contributed by atoms with Gasteiger partial charge in [0.15, 0.2) is 0 Å². The van der Waals surface area contributed by atoms with E-state index in [0.29, 0.717) is 0 Å². The van der Waals surface area contributed by atoms with Gasteiger partial charge in [0.05, 0.1) is 0 Å². The van der Waals surface area contributed by atoms with E-state index in [0.717, 1.165) is 5.25 Å². The standard InChI is InChI=1S/C13H26S2/c1-2-3-4-5-6-7-8-10-13-11-9-12-14-15-13/h13H,2-12H2,1H3. The van der Waals surface area contributed by atoms with Crippen LogP contribution in [0.1, 0.15) is 71.1 Å². The summed E-state index contributed by atoms with van der Waals surface area (Å²) in [5, 5.41) is 0.986. The molecule has 0 amide bonds. The molecule has 0 N–H and O–H groups in total. The molecular weight excluding hydrogens is 220 g/mol. The summed E-state index contributed by atoms with van der Waals surface area (Å²) in [7, 11) is 4.25. The predicted octanol–water partition coefficient (Wildman–Crippen LogP) is 5.67. The van der Waals surface area contributed by atoms with Crippen molar-refractivity contribution in [3.8, 4) is 0 Å². The van der Waals surface area contributed by atoms with Gasteiger partial charge in [0, 0.05) is 11.0 Å². The normalized spacial score (nSPS) is 21.8. The Morgan fingerprint density at radius 1 is 1.00 bits per heavy atom. The molecule has 0 aromatic carbocycles. The smallest absolute Gasteiger partial charge is 0.0151 e. The zero-order valence-electron chi connectivity index (χ0n) is 10.2. The van der Waals surface area contributed by atoms with E-state index in [-0.39, 0.29) is 0 Å². The number of unbranched alkanes of at least 4 members (excludes halogenated alkanes) is 6. The van der Waals surface area contributed by atoms with Gasteiger partial charge in [0.1, 0.15) is 0 Å². The second kappa shape index (κ2) is 9.89. The molecule has 0 aromatic rings. The lowest BCUT2D eigenvalue weighted by Crippen LogP contribution is -2.05. The van der Waals surface area contributed by atoms with Gasteiger partial charge in [0.25, 0.3) is 0 Å². The van der Waals surface area contributed by atoms with Gasteiger partial charge in [-0.05, 0) is 19.3 Å². The molecule has 0 saturated carbocycles. The molecule has 1 aliphatic rings. The van der Waals surface area contributed by atoms with Gasteiger partial charge in [-0.15, -0.1) is 0 Å². The highest BCUT2D eigenvalue weighted by atomic mass is 33.1. The molecule has 0 spiro atoms. The van der Waals surface area contributed by atoms with Crippen LogP contribution in [0.2, 0.25) is 0 Å². The maximum atomic E-state index is 2.29. The summed E-state index contributed by atoms with van der Waals surface area (Å²) >= 11 is 0. The van der Waals surface area contributed by atoms with Gasteiger partial charge in [-0.2, -0.15) is 0 Å². The molecule has 2 heteroatoms. The highest BCUT2D eigenvalue weighted by Crippen LogP contribution is 2.38. The Labute approximate surface area is 104 Å². The Hall–Kier alpha value is 0.700. The van der Waals surface area contributed by atoms with Crippen LogP contribution in [0, 0.1) is 0 Å². The first-order valence-electron chi connectivity index (χ1n) is 6.71. The van der Waals surface area contributed by atoms with E-state index in [1.54, 1.807) is 0 Å². The van der Waals surface area contributed by atoms with Crippen LogP contribution in [-0.2, 0) is 0 Å². The van der Waals surface area contributed by atoms with E-state index >= 15 is 0 Å². The zero-order valence-corrected chi connectivity index (χ0v) is 11.8. The average molecular weight is 246 g/mol. The molecule has 1 fully saturated rings. The Balaban J connectivity index is 1.79. The van der Waals surface area contributed by atoms with Gasteiger partial charge in [0.2, 0.25) is 0 Å². The molecule has 0 aromatic heterocycles. The molecule has 1 rings (SSSR count). The lowest BCUT2D eigenvalue weighted by atomic mass is 10.1. The average Bonchev–Trinajstić information content (AvgIpc) is 2.29. The Bertz CT molecular complexity index is 130. The van der Waals surface area contributed by atoms with Crippen LogP contribution in [0.4, 0.5) is 0 Å². The van der Waals surface area contributed by atoms with Crippen molar-refractivity contribution < 1.29 is 0 Å². The minimum atomic E-state index is 0.986. The minimum Gasteiger partial charge on any atom is -0.0939 e. The van der Waals surface area contributed by atoms with Crippen molar-refractivity contribution in [2.24, 2.45) is 0 Å². The minimum absolute atomic E-state index is 0.986. The van der Waals surface area contributed by atoms with Gasteiger partial charge in [-0.1, -0.05) is 73.5 Å².